The molecule has 132 valence electrons. The van der Waals surface area contributed by atoms with E-state index in [0.29, 0.717) is 12.8 Å². The summed E-state index contributed by atoms with van der Waals surface area (Å²) in [4.78, 5) is 36.5. The Kier molecular flexibility index (Phi) is 6.02. The number of rotatable bonds is 1. The lowest BCUT2D eigenvalue weighted by Gasteiger charge is -2.34. The van der Waals surface area contributed by atoms with Crippen LogP contribution in [0.25, 0.3) is 0 Å². The molecule has 1 atom stereocenters. The molecule has 0 saturated heterocycles. The molecule has 1 aliphatic carbocycles. The van der Waals surface area contributed by atoms with E-state index in [1.807, 2.05) is 0 Å². The van der Waals surface area contributed by atoms with Gasteiger partial charge < -0.3 is 9.47 Å². The second kappa shape index (κ2) is 7.19. The van der Waals surface area contributed by atoms with Crippen molar-refractivity contribution in [3.63, 3.8) is 0 Å². The number of ketones is 1. The Bertz CT molecular complexity index is 462. The van der Waals surface area contributed by atoms with Gasteiger partial charge in [-0.1, -0.05) is 6.42 Å². The van der Waals surface area contributed by atoms with Crippen molar-refractivity contribution >= 4 is 18.0 Å². The van der Waals surface area contributed by atoms with Gasteiger partial charge in [-0.25, -0.2) is 20.0 Å². The lowest BCUT2D eigenvalue weighted by Crippen LogP contribution is -2.57. The molecule has 0 radical (unpaired) electrons. The predicted octanol–water partition coefficient (Wildman–Crippen LogP) is 3.17. The van der Waals surface area contributed by atoms with Crippen molar-refractivity contribution in [1.29, 1.82) is 0 Å². The highest BCUT2D eigenvalue weighted by Gasteiger charge is 2.36. The lowest BCUT2D eigenvalue weighted by atomic mass is 9.94. The largest absolute Gasteiger partial charge is 0.443 e. The molecule has 7 nitrogen and oxygen atoms in total. The standard InChI is InChI=1S/C16H28N2O5/c1-15(2,3)22-13(20)17-18(14(21)23-16(4,5)6)11-9-7-8-10-12(11)19/h11H,7-10H2,1-6H3,(H,17,20)/t11-/m1/s1. The van der Waals surface area contributed by atoms with Crippen LogP contribution in [0.15, 0.2) is 0 Å². The smallest absolute Gasteiger partial charge is 0.429 e. The van der Waals surface area contributed by atoms with Gasteiger partial charge in [-0.05, 0) is 54.4 Å². The Labute approximate surface area is 137 Å². The normalized spacial score (nSPS) is 19.0. The fourth-order valence-corrected chi connectivity index (χ4v) is 2.20. The molecule has 23 heavy (non-hydrogen) atoms. The summed E-state index contributed by atoms with van der Waals surface area (Å²) < 4.78 is 10.5. The molecule has 0 unspecified atom stereocenters. The number of nitrogens with one attached hydrogen (secondary N) is 1. The molecule has 7 heteroatoms. The van der Waals surface area contributed by atoms with E-state index in [1.54, 1.807) is 41.5 Å². The molecule has 0 aliphatic heterocycles. The van der Waals surface area contributed by atoms with Gasteiger partial charge >= 0.3 is 12.2 Å². The number of amides is 2. The lowest BCUT2D eigenvalue weighted by molar-refractivity contribution is -0.127. The van der Waals surface area contributed by atoms with Crippen molar-refractivity contribution in [2.24, 2.45) is 0 Å². The Morgan fingerprint density at radius 3 is 2.09 bits per heavy atom. The maximum Gasteiger partial charge on any atom is 0.429 e. The van der Waals surface area contributed by atoms with Gasteiger partial charge in [0.05, 0.1) is 0 Å². The van der Waals surface area contributed by atoms with E-state index < -0.39 is 29.4 Å². The molecule has 0 aromatic heterocycles. The maximum absolute atomic E-state index is 12.4. The van der Waals surface area contributed by atoms with E-state index in [1.165, 1.54) is 0 Å². The van der Waals surface area contributed by atoms with Crippen LogP contribution in [0.2, 0.25) is 0 Å². The summed E-state index contributed by atoms with van der Waals surface area (Å²) in [5.74, 6) is -0.0850. The Balaban J connectivity index is 2.89. The SMILES string of the molecule is CC(C)(C)OC(=O)NN(C(=O)OC(C)(C)C)[C@@H]1CCCCC1=O. The molecule has 0 heterocycles. The van der Waals surface area contributed by atoms with Crippen LogP contribution in [0.1, 0.15) is 67.2 Å². The number of carbonyl (C=O) groups excluding carboxylic acids is 3. The molecular formula is C16H28N2O5. The third-order valence-electron chi connectivity index (χ3n) is 3.03. The molecule has 1 saturated carbocycles. The second-order valence-electron chi connectivity index (χ2n) is 7.69. The Hall–Kier alpha value is -1.79. The van der Waals surface area contributed by atoms with Crippen molar-refractivity contribution in [1.82, 2.24) is 10.4 Å². The van der Waals surface area contributed by atoms with Crippen LogP contribution >= 0.6 is 0 Å². The van der Waals surface area contributed by atoms with E-state index in [-0.39, 0.29) is 5.78 Å². The van der Waals surface area contributed by atoms with E-state index in [9.17, 15) is 14.4 Å². The summed E-state index contributed by atoms with van der Waals surface area (Å²) >= 11 is 0. The number of ether oxygens (including phenoxy) is 2. The zero-order valence-electron chi connectivity index (χ0n) is 14.9. The van der Waals surface area contributed by atoms with Crippen molar-refractivity contribution in [2.45, 2.75) is 84.5 Å². The first kappa shape index (κ1) is 19.3. The van der Waals surface area contributed by atoms with Gasteiger partial charge in [-0.2, -0.15) is 0 Å². The minimum absolute atomic E-state index is 0.0850. The van der Waals surface area contributed by atoms with E-state index in [0.717, 1.165) is 17.9 Å². The van der Waals surface area contributed by atoms with Gasteiger partial charge in [0.1, 0.15) is 17.2 Å². The summed E-state index contributed by atoms with van der Waals surface area (Å²) in [6.07, 6.45) is 0.939. The average Bonchev–Trinajstić information content (AvgIpc) is 2.32. The Morgan fingerprint density at radius 1 is 1.04 bits per heavy atom. The van der Waals surface area contributed by atoms with Crippen LogP contribution in [-0.2, 0) is 14.3 Å². The highest BCUT2D eigenvalue weighted by molar-refractivity contribution is 5.88. The van der Waals surface area contributed by atoms with Gasteiger partial charge in [-0.3, -0.25) is 4.79 Å². The van der Waals surface area contributed by atoms with Crippen molar-refractivity contribution < 1.29 is 23.9 Å². The van der Waals surface area contributed by atoms with Crippen LogP contribution < -0.4 is 5.43 Å². The molecule has 0 bridgehead atoms. The summed E-state index contributed by atoms with van der Waals surface area (Å²) in [5.41, 5.74) is 0.931. The zero-order chi connectivity index (χ0) is 17.8. The first-order valence-electron chi connectivity index (χ1n) is 7.93. The van der Waals surface area contributed by atoms with Gasteiger partial charge in [0.15, 0.2) is 5.78 Å². The summed E-state index contributed by atoms with van der Waals surface area (Å²) in [7, 11) is 0. The molecule has 0 aromatic carbocycles. The molecule has 1 fully saturated rings. The monoisotopic (exact) mass is 328 g/mol. The van der Waals surface area contributed by atoms with Crippen molar-refractivity contribution in [3.05, 3.63) is 0 Å². The van der Waals surface area contributed by atoms with Crippen LogP contribution in [0.3, 0.4) is 0 Å². The fourth-order valence-electron chi connectivity index (χ4n) is 2.20. The topological polar surface area (TPSA) is 84.9 Å². The second-order valence-corrected chi connectivity index (χ2v) is 7.69. The third kappa shape index (κ3) is 6.88. The number of carbonyl (C=O) groups is 3. The van der Waals surface area contributed by atoms with Gasteiger partial charge in [0.2, 0.25) is 0 Å². The van der Waals surface area contributed by atoms with E-state index in [2.05, 4.69) is 5.43 Å². The minimum atomic E-state index is -0.790. The summed E-state index contributed by atoms with van der Waals surface area (Å²) in [6.45, 7) is 10.3. The van der Waals surface area contributed by atoms with E-state index >= 15 is 0 Å². The molecule has 1 aliphatic rings. The third-order valence-corrected chi connectivity index (χ3v) is 3.03. The first-order chi connectivity index (χ1) is 10.4. The first-order valence-corrected chi connectivity index (χ1v) is 7.93. The molecule has 1 N–H and O–H groups in total. The number of Topliss-reactive ketones (excluding diaryl/α,β-unsaturated/α-hetero) is 1. The molecular weight excluding hydrogens is 300 g/mol. The molecule has 0 spiro atoms. The van der Waals surface area contributed by atoms with Crippen LogP contribution in [0.5, 0.6) is 0 Å². The number of hydrazine groups is 1. The molecule has 1 rings (SSSR count). The number of nitrogens with zero attached hydrogens (tertiary/aromatic N) is 1. The minimum Gasteiger partial charge on any atom is -0.443 e. The predicted molar refractivity (Wildman–Crippen MR) is 84.7 cm³/mol. The van der Waals surface area contributed by atoms with Gasteiger partial charge in [0.25, 0.3) is 0 Å². The quantitative estimate of drug-likeness (QED) is 0.747. The number of hydrogen-bond donors (Lipinski definition) is 1. The molecule has 2 amide bonds. The zero-order valence-corrected chi connectivity index (χ0v) is 14.9. The fraction of sp³-hybridized carbons (Fsp3) is 0.812. The molecule has 0 aromatic rings. The number of hydrogen-bond acceptors (Lipinski definition) is 5. The van der Waals surface area contributed by atoms with Crippen molar-refractivity contribution in [2.75, 3.05) is 0 Å². The van der Waals surface area contributed by atoms with Crippen molar-refractivity contribution in [3.8, 4) is 0 Å². The highest BCUT2D eigenvalue weighted by atomic mass is 16.6. The maximum atomic E-state index is 12.4. The van der Waals surface area contributed by atoms with Gasteiger partial charge in [0, 0.05) is 6.42 Å². The van der Waals surface area contributed by atoms with Crippen LogP contribution in [0, 0.1) is 0 Å². The van der Waals surface area contributed by atoms with Crippen LogP contribution in [-0.4, -0.2) is 40.2 Å². The summed E-state index contributed by atoms with van der Waals surface area (Å²) in [6, 6.07) is -0.717. The van der Waals surface area contributed by atoms with Gasteiger partial charge in [-0.15, -0.1) is 0 Å². The van der Waals surface area contributed by atoms with E-state index in [4.69, 9.17) is 9.47 Å². The average molecular weight is 328 g/mol. The van der Waals surface area contributed by atoms with Crippen LogP contribution in [0.4, 0.5) is 9.59 Å². The highest BCUT2D eigenvalue weighted by Crippen LogP contribution is 2.21. The Morgan fingerprint density at radius 2 is 1.61 bits per heavy atom. The summed E-state index contributed by atoms with van der Waals surface area (Å²) in [5, 5.41) is 0.973.